The van der Waals surface area contributed by atoms with Crippen LogP contribution in [0.2, 0.25) is 0 Å². The molecule has 0 saturated carbocycles. The van der Waals surface area contributed by atoms with Crippen molar-refractivity contribution in [2.75, 3.05) is 34.4 Å². The number of halogens is 1. The van der Waals surface area contributed by atoms with Gasteiger partial charge in [-0.2, -0.15) is 0 Å². The van der Waals surface area contributed by atoms with E-state index in [2.05, 4.69) is 10.6 Å². The van der Waals surface area contributed by atoms with Gasteiger partial charge in [0.05, 0.1) is 27.2 Å². The van der Waals surface area contributed by atoms with Gasteiger partial charge < -0.3 is 24.8 Å². The summed E-state index contributed by atoms with van der Waals surface area (Å²) in [6.45, 7) is 2.14. The quantitative estimate of drug-likeness (QED) is 0.823. The zero-order valence-electron chi connectivity index (χ0n) is 13.8. The molecular weight excluding hydrogens is 320 g/mol. The van der Waals surface area contributed by atoms with Gasteiger partial charge in [0.15, 0.2) is 11.5 Å². The van der Waals surface area contributed by atoms with Crippen LogP contribution in [0, 0.1) is 5.92 Å². The first-order valence-corrected chi connectivity index (χ1v) is 7.47. The summed E-state index contributed by atoms with van der Waals surface area (Å²) in [4.78, 5) is 12.2. The van der Waals surface area contributed by atoms with Crippen LogP contribution in [0.15, 0.2) is 12.1 Å². The maximum Gasteiger partial charge on any atom is 0.224 e. The molecule has 0 spiro atoms. The number of nitrogens with one attached hydrogen (secondary N) is 2. The predicted octanol–water partition coefficient (Wildman–Crippen LogP) is 1.75. The van der Waals surface area contributed by atoms with Crippen LogP contribution in [0.3, 0.4) is 0 Å². The summed E-state index contributed by atoms with van der Waals surface area (Å²) in [5.74, 6) is 1.84. The zero-order valence-corrected chi connectivity index (χ0v) is 14.6. The summed E-state index contributed by atoms with van der Waals surface area (Å²) in [5, 5.41) is 6.22. The number of ether oxygens (including phenoxy) is 3. The average Bonchev–Trinajstić information content (AvgIpc) is 2.59. The summed E-state index contributed by atoms with van der Waals surface area (Å²) >= 11 is 0. The lowest BCUT2D eigenvalue weighted by Crippen LogP contribution is -2.40. The van der Waals surface area contributed by atoms with Gasteiger partial charge in [0.1, 0.15) is 0 Å². The van der Waals surface area contributed by atoms with Crippen molar-refractivity contribution in [1.82, 2.24) is 10.6 Å². The van der Waals surface area contributed by atoms with E-state index in [-0.39, 0.29) is 24.2 Å². The number of piperidine rings is 1. The molecule has 1 aromatic carbocycles. The molecular formula is C16H25ClN2O4. The van der Waals surface area contributed by atoms with Crippen molar-refractivity contribution in [2.45, 2.75) is 19.4 Å². The van der Waals surface area contributed by atoms with E-state index in [1.165, 1.54) is 0 Å². The largest absolute Gasteiger partial charge is 0.493 e. The lowest BCUT2D eigenvalue weighted by atomic mass is 9.99. The number of carbonyl (C=O) groups is 1. The number of hydrogen-bond acceptors (Lipinski definition) is 5. The van der Waals surface area contributed by atoms with E-state index in [4.69, 9.17) is 14.2 Å². The van der Waals surface area contributed by atoms with Gasteiger partial charge in [0.25, 0.3) is 0 Å². The fourth-order valence-electron chi connectivity index (χ4n) is 2.70. The van der Waals surface area contributed by atoms with Gasteiger partial charge in [0, 0.05) is 18.7 Å². The van der Waals surface area contributed by atoms with Gasteiger partial charge in [-0.3, -0.25) is 4.79 Å². The second-order valence-corrected chi connectivity index (χ2v) is 5.25. The second-order valence-electron chi connectivity index (χ2n) is 5.25. The standard InChI is InChI=1S/C16H24N2O4.ClH/c1-20-13-7-6-11(14(21-2)15(13)22-3)10-18-16(19)12-5-4-8-17-9-12;/h6-7,12,17H,4-5,8-10H2,1-3H3,(H,18,19);1H. The van der Waals surface area contributed by atoms with Gasteiger partial charge in [-0.15, -0.1) is 12.4 Å². The molecule has 1 fully saturated rings. The Hall–Kier alpha value is -1.66. The minimum Gasteiger partial charge on any atom is -0.493 e. The molecule has 1 saturated heterocycles. The summed E-state index contributed by atoms with van der Waals surface area (Å²) in [6.07, 6.45) is 1.97. The van der Waals surface area contributed by atoms with Crippen LogP contribution in [0.5, 0.6) is 17.2 Å². The molecule has 0 radical (unpaired) electrons. The fourth-order valence-corrected chi connectivity index (χ4v) is 2.70. The first-order valence-electron chi connectivity index (χ1n) is 7.47. The van der Waals surface area contributed by atoms with E-state index in [9.17, 15) is 4.79 Å². The Morgan fingerprint density at radius 1 is 1.22 bits per heavy atom. The van der Waals surface area contributed by atoms with Crippen molar-refractivity contribution in [3.63, 3.8) is 0 Å². The highest BCUT2D eigenvalue weighted by Crippen LogP contribution is 2.39. The number of amides is 1. The normalized spacial score (nSPS) is 16.9. The lowest BCUT2D eigenvalue weighted by Gasteiger charge is -2.22. The molecule has 1 aliphatic rings. The lowest BCUT2D eigenvalue weighted by molar-refractivity contribution is -0.125. The van der Waals surface area contributed by atoms with Crippen molar-refractivity contribution < 1.29 is 19.0 Å². The molecule has 23 heavy (non-hydrogen) atoms. The van der Waals surface area contributed by atoms with E-state index >= 15 is 0 Å². The topological polar surface area (TPSA) is 68.8 Å². The van der Waals surface area contributed by atoms with Crippen molar-refractivity contribution >= 4 is 18.3 Å². The van der Waals surface area contributed by atoms with Crippen molar-refractivity contribution in [2.24, 2.45) is 5.92 Å². The van der Waals surface area contributed by atoms with E-state index in [1.807, 2.05) is 12.1 Å². The Balaban J connectivity index is 0.00000264. The molecule has 6 nitrogen and oxygen atoms in total. The second kappa shape index (κ2) is 9.47. The van der Waals surface area contributed by atoms with Crippen molar-refractivity contribution in [3.05, 3.63) is 17.7 Å². The number of methoxy groups -OCH3 is 3. The van der Waals surface area contributed by atoms with Crippen LogP contribution in [0.25, 0.3) is 0 Å². The third-order valence-corrected chi connectivity index (χ3v) is 3.91. The Labute approximate surface area is 143 Å². The van der Waals surface area contributed by atoms with Gasteiger partial charge in [-0.25, -0.2) is 0 Å². The Morgan fingerprint density at radius 2 is 1.96 bits per heavy atom. The highest BCUT2D eigenvalue weighted by atomic mass is 35.5. The van der Waals surface area contributed by atoms with Crippen molar-refractivity contribution in [3.8, 4) is 17.2 Å². The SMILES string of the molecule is COc1ccc(CNC(=O)C2CCCNC2)c(OC)c1OC.Cl. The maximum absolute atomic E-state index is 12.2. The maximum atomic E-state index is 12.2. The monoisotopic (exact) mass is 344 g/mol. The molecule has 130 valence electrons. The summed E-state index contributed by atoms with van der Waals surface area (Å²) < 4.78 is 16.0. The summed E-state index contributed by atoms with van der Waals surface area (Å²) in [6, 6.07) is 3.69. The van der Waals surface area contributed by atoms with E-state index in [0.29, 0.717) is 23.8 Å². The average molecular weight is 345 g/mol. The third kappa shape index (κ3) is 4.65. The minimum atomic E-state index is 0. The van der Waals surface area contributed by atoms with Gasteiger partial charge in [-0.1, -0.05) is 0 Å². The number of benzene rings is 1. The van der Waals surface area contributed by atoms with Crippen LogP contribution in [0.1, 0.15) is 18.4 Å². The van der Waals surface area contributed by atoms with E-state index < -0.39 is 0 Å². The molecule has 1 aliphatic heterocycles. The summed E-state index contributed by atoms with van der Waals surface area (Å²) in [7, 11) is 4.72. The molecule has 1 unspecified atom stereocenters. The molecule has 2 rings (SSSR count). The Morgan fingerprint density at radius 3 is 2.52 bits per heavy atom. The fraction of sp³-hybridized carbons (Fsp3) is 0.562. The van der Waals surface area contributed by atoms with Crippen LogP contribution < -0.4 is 24.8 Å². The van der Waals surface area contributed by atoms with Crippen molar-refractivity contribution in [1.29, 1.82) is 0 Å². The molecule has 2 N–H and O–H groups in total. The Bertz CT molecular complexity index is 519. The molecule has 0 bridgehead atoms. The Kier molecular flexibility index (Phi) is 7.98. The zero-order chi connectivity index (χ0) is 15.9. The van der Waals surface area contributed by atoms with Crippen LogP contribution in [0.4, 0.5) is 0 Å². The van der Waals surface area contributed by atoms with Gasteiger partial charge in [0.2, 0.25) is 11.7 Å². The van der Waals surface area contributed by atoms with Crippen LogP contribution in [-0.2, 0) is 11.3 Å². The molecule has 7 heteroatoms. The highest BCUT2D eigenvalue weighted by molar-refractivity contribution is 5.85. The first-order chi connectivity index (χ1) is 10.7. The number of hydrogen-bond donors (Lipinski definition) is 2. The highest BCUT2D eigenvalue weighted by Gasteiger charge is 2.21. The van der Waals surface area contributed by atoms with Crippen LogP contribution in [-0.4, -0.2) is 40.3 Å². The van der Waals surface area contributed by atoms with E-state index in [0.717, 1.165) is 31.5 Å². The van der Waals surface area contributed by atoms with Crippen LogP contribution >= 0.6 is 12.4 Å². The molecule has 1 heterocycles. The molecule has 1 atom stereocenters. The van der Waals surface area contributed by atoms with Gasteiger partial charge in [-0.05, 0) is 31.5 Å². The summed E-state index contributed by atoms with van der Waals surface area (Å²) in [5.41, 5.74) is 0.859. The molecule has 0 aliphatic carbocycles. The first kappa shape index (κ1) is 19.4. The smallest absolute Gasteiger partial charge is 0.224 e. The van der Waals surface area contributed by atoms with E-state index in [1.54, 1.807) is 21.3 Å². The minimum absolute atomic E-state index is 0. The number of carbonyl (C=O) groups excluding carboxylic acids is 1. The number of rotatable bonds is 6. The third-order valence-electron chi connectivity index (χ3n) is 3.91. The molecule has 1 aromatic rings. The van der Waals surface area contributed by atoms with Gasteiger partial charge >= 0.3 is 0 Å². The predicted molar refractivity (Wildman–Crippen MR) is 90.8 cm³/mol. The molecule has 1 amide bonds. The molecule has 0 aromatic heterocycles.